The summed E-state index contributed by atoms with van der Waals surface area (Å²) in [5.74, 6) is -0.163. The summed E-state index contributed by atoms with van der Waals surface area (Å²) in [5.41, 5.74) is -1.45. The van der Waals surface area contributed by atoms with Gasteiger partial charge in [0.15, 0.2) is 9.84 Å². The Kier molecular flexibility index (Phi) is 12.5. The molecule has 3 heterocycles. The van der Waals surface area contributed by atoms with Crippen LogP contribution in [0.1, 0.15) is 129 Å². The van der Waals surface area contributed by atoms with Crippen molar-refractivity contribution in [3.63, 3.8) is 0 Å². The average Bonchev–Trinajstić information content (AvgIpc) is 3.75. The molecule has 292 valence electrons. The van der Waals surface area contributed by atoms with Crippen molar-refractivity contribution in [2.75, 3.05) is 23.8 Å². The number of thioether (sulfide) groups is 2. The summed E-state index contributed by atoms with van der Waals surface area (Å²) in [6, 6.07) is -3.32. The van der Waals surface area contributed by atoms with E-state index in [-0.39, 0.29) is 17.7 Å². The van der Waals surface area contributed by atoms with Crippen molar-refractivity contribution < 1.29 is 32.4 Å². The molecule has 0 radical (unpaired) electrons. The number of amides is 5. The smallest absolute Gasteiger partial charge is 0.315 e. The first-order valence-electron chi connectivity index (χ1n) is 19.8. The first-order valence-corrected chi connectivity index (χ1v) is 23.5. The second-order valence-electron chi connectivity index (χ2n) is 16.6. The maximum Gasteiger partial charge on any atom is 0.315 e. The van der Waals surface area contributed by atoms with Crippen LogP contribution in [0.15, 0.2) is 0 Å². The molecule has 6 fully saturated rings. The fourth-order valence-electron chi connectivity index (χ4n) is 9.46. The summed E-state index contributed by atoms with van der Waals surface area (Å²) in [7, 11) is -3.36. The van der Waals surface area contributed by atoms with E-state index in [0.29, 0.717) is 51.5 Å². The summed E-state index contributed by atoms with van der Waals surface area (Å²) in [6.07, 6.45) is 13.3. The third-order valence-corrected chi connectivity index (χ3v) is 18.3. The minimum atomic E-state index is -3.36. The maximum absolute atomic E-state index is 15.1. The molecule has 5 amide bonds. The van der Waals surface area contributed by atoms with Gasteiger partial charge in [-0.1, -0.05) is 58.8 Å². The molecule has 4 N–H and O–H groups in total. The Morgan fingerprint density at radius 1 is 0.846 bits per heavy atom. The molecule has 0 aromatic rings. The number of ketones is 1. The molecule has 6 aliphatic rings. The fraction of sp³-hybridized carbons (Fsp3) is 0.865. The Morgan fingerprint density at radius 3 is 2.10 bits per heavy atom. The monoisotopic (exact) mass is 781 g/mol. The number of likely N-dealkylation sites (tertiary alicyclic amines) is 1. The number of hydrogen-bond acceptors (Lipinski definition) is 9. The Labute approximate surface area is 317 Å². The first-order chi connectivity index (χ1) is 24.8. The summed E-state index contributed by atoms with van der Waals surface area (Å²) < 4.78 is 26.1. The van der Waals surface area contributed by atoms with Gasteiger partial charge in [0, 0.05) is 19.0 Å². The molecule has 0 unspecified atom stereocenters. The van der Waals surface area contributed by atoms with Crippen molar-refractivity contribution in [2.45, 2.75) is 168 Å². The minimum Gasteiger partial charge on any atom is -0.347 e. The third-order valence-electron chi connectivity index (χ3n) is 12.5. The quantitative estimate of drug-likeness (QED) is 0.212. The molecule has 1 spiro atoms. The highest BCUT2D eigenvalue weighted by Crippen LogP contribution is 2.51. The van der Waals surface area contributed by atoms with E-state index in [1.165, 1.54) is 0 Å². The van der Waals surface area contributed by atoms with Crippen LogP contribution < -0.4 is 21.3 Å². The van der Waals surface area contributed by atoms with Crippen LogP contribution in [0.5, 0.6) is 0 Å². The Morgan fingerprint density at radius 2 is 1.50 bits per heavy atom. The van der Waals surface area contributed by atoms with Crippen LogP contribution in [-0.4, -0.2) is 106 Å². The number of sulfone groups is 1. The molecule has 0 bridgehead atoms. The van der Waals surface area contributed by atoms with Gasteiger partial charge in [0.25, 0.3) is 5.91 Å². The fourth-order valence-corrected chi connectivity index (χ4v) is 15.2. The summed E-state index contributed by atoms with van der Waals surface area (Å²) in [4.78, 5) is 71.2. The van der Waals surface area contributed by atoms with Gasteiger partial charge in [-0.05, 0) is 81.1 Å². The van der Waals surface area contributed by atoms with E-state index >= 15 is 4.79 Å². The number of Topliss-reactive ketones (excluding diaryl/α,β-unsaturated/α-hetero) is 1. The molecule has 52 heavy (non-hydrogen) atoms. The van der Waals surface area contributed by atoms with Crippen molar-refractivity contribution in [3.8, 4) is 0 Å². The van der Waals surface area contributed by atoms with Crippen molar-refractivity contribution in [1.29, 1.82) is 0 Å². The predicted octanol–water partition coefficient (Wildman–Crippen LogP) is 4.20. The Bertz CT molecular complexity index is 1470. The SMILES string of the molecule is CCC[C@H](NC(=O)[C@@H]1CC2(CN1C(=O)[C@@H](NC(=O)NC1([C@H]3CCCS3(=O)=O)CCCCC1)C1(C)CCCCC1)SCCCS2)C(=O)C(=O)NC1CC1. The number of rotatable bonds is 12. The zero-order valence-electron chi connectivity index (χ0n) is 31.0. The van der Waals surface area contributed by atoms with Crippen molar-refractivity contribution in [1.82, 2.24) is 26.2 Å². The normalized spacial score (nSPS) is 28.7. The number of urea groups is 1. The lowest BCUT2D eigenvalue weighted by molar-refractivity contribution is -0.144. The molecule has 12 nitrogen and oxygen atoms in total. The number of nitrogens with one attached hydrogen (secondary N) is 4. The summed E-state index contributed by atoms with van der Waals surface area (Å²) in [5, 5.41) is 11.3. The lowest BCUT2D eigenvalue weighted by Gasteiger charge is -2.45. The van der Waals surface area contributed by atoms with Crippen LogP contribution in [-0.2, 0) is 29.0 Å². The van der Waals surface area contributed by atoms with Crippen LogP contribution >= 0.6 is 23.5 Å². The van der Waals surface area contributed by atoms with Crippen LogP contribution in [0.25, 0.3) is 0 Å². The van der Waals surface area contributed by atoms with Gasteiger partial charge >= 0.3 is 6.03 Å². The largest absolute Gasteiger partial charge is 0.347 e. The molecule has 0 aromatic carbocycles. The number of hydrogen-bond donors (Lipinski definition) is 4. The van der Waals surface area contributed by atoms with E-state index in [0.717, 1.165) is 82.1 Å². The average molecular weight is 782 g/mol. The van der Waals surface area contributed by atoms with E-state index in [1.807, 2.05) is 13.8 Å². The minimum absolute atomic E-state index is 0.0101. The van der Waals surface area contributed by atoms with E-state index in [9.17, 15) is 27.6 Å². The number of carbonyl (C=O) groups excluding carboxylic acids is 5. The van der Waals surface area contributed by atoms with E-state index in [4.69, 9.17) is 0 Å². The standard InChI is InChI=1S/C37H59N5O7S3/c1-3-12-26(29(43)32(45)38-25-14-15-25)39-31(44)27-23-37(50-20-11-21-51-37)24-42(27)33(46)30(35(2)16-6-4-7-17-35)40-34(47)41-36(18-8-5-9-19-36)28-13-10-22-52(28,48)49/h25-28,30H,3-24H2,1-2H3,(H,38,45)(H,39,44)(H2,40,41,47)/t26-,27-,28+,30+/m0/s1. The van der Waals surface area contributed by atoms with Gasteiger partial charge in [-0.25, -0.2) is 13.2 Å². The summed E-state index contributed by atoms with van der Waals surface area (Å²) >= 11 is 3.54. The number of nitrogens with zero attached hydrogens (tertiary/aromatic N) is 1. The second-order valence-corrected chi connectivity index (χ2v) is 22.1. The maximum atomic E-state index is 15.1. The third kappa shape index (κ3) is 8.76. The highest BCUT2D eigenvalue weighted by molar-refractivity contribution is 8.18. The lowest BCUT2D eigenvalue weighted by atomic mass is 9.70. The van der Waals surface area contributed by atoms with Gasteiger partial charge in [0.1, 0.15) is 12.1 Å². The predicted molar refractivity (Wildman–Crippen MR) is 205 cm³/mol. The van der Waals surface area contributed by atoms with Crippen LogP contribution in [0.4, 0.5) is 4.79 Å². The first kappa shape index (κ1) is 39.7. The van der Waals surface area contributed by atoms with Gasteiger partial charge in [-0.3, -0.25) is 19.2 Å². The van der Waals surface area contributed by atoms with Gasteiger partial charge in [-0.15, -0.1) is 23.5 Å². The number of carbonyl (C=O) groups is 5. The van der Waals surface area contributed by atoms with Crippen molar-refractivity contribution in [2.24, 2.45) is 5.41 Å². The molecule has 3 saturated heterocycles. The van der Waals surface area contributed by atoms with Gasteiger partial charge < -0.3 is 26.2 Å². The van der Waals surface area contributed by atoms with Gasteiger partial charge in [-0.2, -0.15) is 0 Å². The Balaban J connectivity index is 1.26. The van der Waals surface area contributed by atoms with Crippen molar-refractivity contribution >= 4 is 62.9 Å². The molecular formula is C37H59N5O7S3. The van der Waals surface area contributed by atoms with Gasteiger partial charge in [0.2, 0.25) is 17.6 Å². The molecule has 15 heteroatoms. The molecule has 0 aromatic heterocycles. The zero-order chi connectivity index (χ0) is 37.1. The van der Waals surface area contributed by atoms with Crippen LogP contribution in [0, 0.1) is 5.41 Å². The van der Waals surface area contributed by atoms with E-state index in [1.54, 1.807) is 28.4 Å². The second kappa shape index (κ2) is 16.4. The topological polar surface area (TPSA) is 171 Å². The Hall–Kier alpha value is -2.00. The molecule has 3 saturated carbocycles. The highest BCUT2D eigenvalue weighted by Gasteiger charge is 2.55. The molecule has 6 rings (SSSR count). The molecule has 4 atom stereocenters. The van der Waals surface area contributed by atoms with Crippen LogP contribution in [0.3, 0.4) is 0 Å². The lowest BCUT2D eigenvalue weighted by Crippen LogP contribution is -2.65. The highest BCUT2D eigenvalue weighted by atomic mass is 32.2. The van der Waals surface area contributed by atoms with E-state index < -0.39 is 71.9 Å². The molecule has 3 aliphatic heterocycles. The van der Waals surface area contributed by atoms with Gasteiger partial charge in [0.05, 0.1) is 26.7 Å². The van der Waals surface area contributed by atoms with E-state index in [2.05, 4.69) is 21.3 Å². The van der Waals surface area contributed by atoms with Crippen molar-refractivity contribution in [3.05, 3.63) is 0 Å². The molecular weight excluding hydrogens is 723 g/mol. The summed E-state index contributed by atoms with van der Waals surface area (Å²) in [6.45, 7) is 4.27. The zero-order valence-corrected chi connectivity index (χ0v) is 33.4. The van der Waals surface area contributed by atoms with Crippen LogP contribution in [0.2, 0.25) is 0 Å². The molecule has 3 aliphatic carbocycles.